The van der Waals surface area contributed by atoms with Crippen LogP contribution in [-0.4, -0.2) is 70.8 Å². The summed E-state index contributed by atoms with van der Waals surface area (Å²) in [5.74, 6) is -1.80. The van der Waals surface area contributed by atoms with Crippen LogP contribution >= 0.6 is 0 Å². The molecule has 1 fully saturated rings. The smallest absolute Gasteiger partial charge is 0.410 e. The summed E-state index contributed by atoms with van der Waals surface area (Å²) in [6.45, 7) is 16.5. The van der Waals surface area contributed by atoms with Crippen molar-refractivity contribution in [3.05, 3.63) is 65.6 Å². The van der Waals surface area contributed by atoms with Gasteiger partial charge in [-0.3, -0.25) is 4.79 Å². The van der Waals surface area contributed by atoms with E-state index in [0.717, 1.165) is 31.5 Å². The molecule has 1 aromatic rings. The van der Waals surface area contributed by atoms with Crippen molar-refractivity contribution in [1.82, 2.24) is 9.80 Å². The van der Waals surface area contributed by atoms with Gasteiger partial charge in [0.25, 0.3) is 12.3 Å². The Morgan fingerprint density at radius 3 is 2.14 bits per heavy atom. The quantitative estimate of drug-likeness (QED) is 0.174. The van der Waals surface area contributed by atoms with Gasteiger partial charge in [0, 0.05) is 25.1 Å². The number of hydrogen-bond donors (Lipinski definition) is 2. The summed E-state index contributed by atoms with van der Waals surface area (Å²) in [7, 11) is 2.07. The number of carboxylic acid groups (broad SMARTS) is 1. The van der Waals surface area contributed by atoms with Crippen LogP contribution in [-0.2, 0) is 26.8 Å². The molecule has 1 aromatic carbocycles. The molecule has 4 N–H and O–H groups in total. The predicted octanol–water partition coefficient (Wildman–Crippen LogP) is 3.86. The Bertz CT molecular complexity index is 727. The summed E-state index contributed by atoms with van der Waals surface area (Å²) < 4.78 is 5.46. The van der Waals surface area contributed by atoms with Crippen molar-refractivity contribution in [3.63, 3.8) is 0 Å². The Morgan fingerprint density at radius 2 is 1.72 bits per heavy atom. The largest absolute Gasteiger partial charge is 0.483 e. The first-order valence-corrected chi connectivity index (χ1v) is 11.4. The number of carbonyl (C=O) groups is 2. The van der Waals surface area contributed by atoms with Crippen LogP contribution in [0.2, 0.25) is 0 Å². The van der Waals surface area contributed by atoms with Crippen molar-refractivity contribution in [2.45, 2.75) is 59.0 Å². The lowest BCUT2D eigenvalue weighted by Crippen LogP contribution is -2.46. The molecule has 1 saturated heterocycles. The van der Waals surface area contributed by atoms with Gasteiger partial charge in [-0.2, -0.15) is 0 Å². The fraction of sp³-hybridized carbons (Fsp3) is 0.520. The maximum Gasteiger partial charge on any atom is 0.410 e. The normalized spacial score (nSPS) is 14.1. The van der Waals surface area contributed by atoms with Crippen LogP contribution < -0.4 is 0 Å². The average Bonchev–Trinajstić information content (AvgIpc) is 2.84. The van der Waals surface area contributed by atoms with Crippen molar-refractivity contribution in [2.75, 3.05) is 26.7 Å². The van der Waals surface area contributed by atoms with E-state index in [1.165, 1.54) is 6.92 Å². The van der Waals surface area contributed by atoms with Gasteiger partial charge in [0.15, 0.2) is 5.34 Å². The van der Waals surface area contributed by atoms with Gasteiger partial charge in [-0.15, -0.1) is 18.1 Å². The Balaban J connectivity index is -0.00000108. The summed E-state index contributed by atoms with van der Waals surface area (Å²) in [4.78, 5) is 39.5. The second-order valence-corrected chi connectivity index (χ2v) is 7.39. The number of piperidine rings is 1. The third-order valence-electron chi connectivity index (χ3n) is 4.76. The fourth-order valence-electron chi connectivity index (χ4n) is 3.08. The van der Waals surface area contributed by atoms with Gasteiger partial charge in [-0.05, 0) is 45.5 Å². The van der Waals surface area contributed by atoms with E-state index in [1.807, 2.05) is 20.8 Å². The molecule has 0 aromatic heterocycles. The topological polar surface area (TPSA) is 160 Å². The number of rotatable bonds is 8. The molecule has 0 radical (unpaired) electrons. The highest BCUT2D eigenvalue weighted by Gasteiger charge is 2.28. The molecule has 11 heteroatoms. The van der Waals surface area contributed by atoms with Gasteiger partial charge in [-0.25, -0.2) is 4.79 Å². The van der Waals surface area contributed by atoms with Gasteiger partial charge in [-0.1, -0.05) is 50.3 Å². The fourth-order valence-corrected chi connectivity index (χ4v) is 3.08. The van der Waals surface area contributed by atoms with Crippen molar-refractivity contribution < 1.29 is 34.9 Å². The molecule has 36 heavy (non-hydrogen) atoms. The molecular weight excluding hydrogens is 470 g/mol. The van der Waals surface area contributed by atoms with E-state index in [1.54, 1.807) is 41.3 Å². The maximum absolute atomic E-state index is 12.5. The average molecular weight is 514 g/mol. The summed E-state index contributed by atoms with van der Waals surface area (Å²) in [5.41, 5.74) is 1.13. The molecule has 206 valence electrons. The molecule has 1 aliphatic heterocycles. The van der Waals surface area contributed by atoms with Crippen LogP contribution in [0.1, 0.15) is 51.7 Å². The number of aliphatic hydroxyl groups is 1. The minimum Gasteiger partial charge on any atom is -0.483 e. The van der Waals surface area contributed by atoms with Crippen molar-refractivity contribution in [2.24, 2.45) is 5.34 Å². The lowest BCUT2D eigenvalue weighted by molar-refractivity contribution is -0.200. The lowest BCUT2D eigenvalue weighted by atomic mass is 10.0. The lowest BCUT2D eigenvalue weighted by Gasteiger charge is -2.36. The van der Waals surface area contributed by atoms with Crippen molar-refractivity contribution in [1.29, 1.82) is 0 Å². The maximum atomic E-state index is 12.5. The zero-order chi connectivity index (χ0) is 27.3. The SMILES string of the molecule is C=CC.C=CCN(C(=O)OCc1ccc(C(C)(O)ON=O)cc1)C1CCN(C)CC1.CC.O.O=CO. The summed E-state index contributed by atoms with van der Waals surface area (Å²) in [5, 5.41) is 19.1. The molecule has 0 saturated carbocycles. The number of allylic oxidation sites excluding steroid dienone is 1. The minimum absolute atomic E-state index is 0. The number of amides is 1. The Morgan fingerprint density at radius 1 is 1.25 bits per heavy atom. The first-order valence-electron chi connectivity index (χ1n) is 11.4. The Hall–Kier alpha value is -3.28. The van der Waals surface area contributed by atoms with E-state index in [-0.39, 0.29) is 30.7 Å². The van der Waals surface area contributed by atoms with Gasteiger partial charge in [0.2, 0.25) is 0 Å². The molecule has 1 aliphatic rings. The third-order valence-corrected chi connectivity index (χ3v) is 4.76. The van der Waals surface area contributed by atoms with E-state index in [4.69, 9.17) is 14.6 Å². The van der Waals surface area contributed by atoms with Gasteiger partial charge >= 0.3 is 6.09 Å². The zero-order valence-electron chi connectivity index (χ0n) is 22.1. The number of carbonyl (C=O) groups excluding carboxylic acids is 1. The third kappa shape index (κ3) is 14.9. The Kier molecular flexibility index (Phi) is 23.0. The number of nitrogens with zero attached hydrogens (tertiary/aromatic N) is 3. The summed E-state index contributed by atoms with van der Waals surface area (Å²) in [6.07, 6.45) is 4.91. The van der Waals surface area contributed by atoms with Crippen LogP contribution in [0.4, 0.5) is 4.79 Å². The van der Waals surface area contributed by atoms with E-state index in [9.17, 15) is 14.8 Å². The highest BCUT2D eigenvalue weighted by atomic mass is 16.8. The van der Waals surface area contributed by atoms with Crippen LogP contribution in [0.15, 0.2) is 54.9 Å². The number of ether oxygens (including phenoxy) is 1. The highest BCUT2D eigenvalue weighted by Crippen LogP contribution is 2.23. The van der Waals surface area contributed by atoms with Crippen LogP contribution in [0.25, 0.3) is 0 Å². The molecule has 0 aliphatic carbocycles. The van der Waals surface area contributed by atoms with E-state index < -0.39 is 5.79 Å². The van der Waals surface area contributed by atoms with Crippen molar-refractivity contribution in [3.8, 4) is 0 Å². The molecule has 1 unspecified atom stereocenters. The first-order chi connectivity index (χ1) is 16.7. The zero-order valence-corrected chi connectivity index (χ0v) is 22.1. The minimum atomic E-state index is -1.80. The first kappa shape index (κ1) is 37.3. The number of likely N-dealkylation sites (tertiary alicyclic amines) is 1. The monoisotopic (exact) mass is 513 g/mol. The van der Waals surface area contributed by atoms with Crippen LogP contribution in [0.5, 0.6) is 0 Å². The van der Waals surface area contributed by atoms with E-state index >= 15 is 0 Å². The van der Waals surface area contributed by atoms with E-state index in [0.29, 0.717) is 12.1 Å². The van der Waals surface area contributed by atoms with Crippen molar-refractivity contribution >= 4 is 12.6 Å². The molecule has 11 nitrogen and oxygen atoms in total. The number of hydrogen-bond acceptors (Lipinski definition) is 8. The molecule has 1 atom stereocenters. The molecule has 0 bridgehead atoms. The Labute approximate surface area is 214 Å². The second-order valence-electron chi connectivity index (χ2n) is 7.39. The molecule has 0 spiro atoms. The molecule has 1 amide bonds. The second kappa shape index (κ2) is 22.2. The summed E-state index contributed by atoms with van der Waals surface area (Å²) >= 11 is 0. The molecule has 1 heterocycles. The van der Waals surface area contributed by atoms with Gasteiger partial charge < -0.3 is 35.1 Å². The van der Waals surface area contributed by atoms with Crippen LogP contribution in [0.3, 0.4) is 0 Å². The van der Waals surface area contributed by atoms with Crippen LogP contribution in [0, 0.1) is 4.91 Å². The highest BCUT2D eigenvalue weighted by molar-refractivity contribution is 5.68. The molecular formula is C25H43N3O8. The standard InChI is InChI=1S/C19H27N3O5.C3H6.C2H6.CH2O2.H2O/c1-4-11-22(17-9-12-21(3)13-10-17)18(23)26-14-15-5-7-16(8-6-15)19(2,24)27-20-25;1-3-2;1-2;2-1-3;/h4-8,17,24H,1,9-14H2,2-3H3;3H,1H2,2H3;1-2H3;1H,(H,2,3);1H2. The van der Waals surface area contributed by atoms with Gasteiger partial charge in [0.1, 0.15) is 6.61 Å². The number of benzene rings is 1. The predicted molar refractivity (Wildman–Crippen MR) is 140 cm³/mol. The van der Waals surface area contributed by atoms with E-state index in [2.05, 4.69) is 35.3 Å². The van der Waals surface area contributed by atoms with Gasteiger partial charge in [0.05, 0.1) is 0 Å². The summed E-state index contributed by atoms with van der Waals surface area (Å²) in [6, 6.07) is 6.72. The molecule has 2 rings (SSSR count).